The number of carbonyl (C=O) groups excluding carboxylic acids is 2. The van der Waals surface area contributed by atoms with Crippen molar-refractivity contribution in [1.29, 1.82) is 0 Å². The third-order valence-corrected chi connectivity index (χ3v) is 5.98. The number of para-hydroxylation sites is 1. The molecule has 0 radical (unpaired) electrons. The van der Waals surface area contributed by atoms with Crippen LogP contribution in [0.4, 0.5) is 0 Å². The molecule has 0 aliphatic carbocycles. The van der Waals surface area contributed by atoms with Crippen LogP contribution in [0.1, 0.15) is 39.3 Å². The summed E-state index contributed by atoms with van der Waals surface area (Å²) < 4.78 is 6.59. The molecule has 0 spiro atoms. The van der Waals surface area contributed by atoms with Crippen molar-refractivity contribution < 1.29 is 14.3 Å². The fraction of sp³-hybridized carbons (Fsp3) is 0.269. The number of aromatic amines is 1. The Kier molecular flexibility index (Phi) is 6.58. The standard InChI is InChI=1S/C26H28N4O3/c1-17-22(12-13-25(31)33-3)18(2)30(29-17)21-10-8-19(9-11-21)26(32)27-15-14-20-16-28-24-7-5-4-6-23(20)24/h4-11,16,28H,12-15H2,1-3H3,(H,27,32). The normalized spacial score (nSPS) is 11.0. The number of H-pyrrole nitrogens is 1. The number of aryl methyl sites for hydroxylation is 1. The number of fused-ring (bicyclic) bond motifs is 1. The van der Waals surface area contributed by atoms with Gasteiger partial charge in [-0.05, 0) is 68.1 Å². The van der Waals surface area contributed by atoms with Crippen LogP contribution >= 0.6 is 0 Å². The summed E-state index contributed by atoms with van der Waals surface area (Å²) in [7, 11) is 1.39. The van der Waals surface area contributed by atoms with E-state index < -0.39 is 0 Å². The SMILES string of the molecule is COC(=O)CCc1c(C)nn(-c2ccc(C(=O)NCCc3c[nH]c4ccccc34)cc2)c1C. The lowest BCUT2D eigenvalue weighted by atomic mass is 10.1. The number of carbonyl (C=O) groups is 2. The number of nitrogens with zero attached hydrogens (tertiary/aromatic N) is 2. The van der Waals surface area contributed by atoms with Gasteiger partial charge in [-0.3, -0.25) is 9.59 Å². The lowest BCUT2D eigenvalue weighted by molar-refractivity contribution is -0.140. The molecule has 7 nitrogen and oxygen atoms in total. The van der Waals surface area contributed by atoms with Gasteiger partial charge < -0.3 is 15.0 Å². The van der Waals surface area contributed by atoms with E-state index in [-0.39, 0.29) is 11.9 Å². The van der Waals surface area contributed by atoms with Crippen LogP contribution in [0.15, 0.2) is 54.7 Å². The molecular formula is C26H28N4O3. The summed E-state index contributed by atoms with van der Waals surface area (Å²) in [5, 5.41) is 8.81. The predicted molar refractivity (Wildman–Crippen MR) is 128 cm³/mol. The van der Waals surface area contributed by atoms with Gasteiger partial charge in [0.15, 0.2) is 0 Å². The number of amides is 1. The lowest BCUT2D eigenvalue weighted by Gasteiger charge is -2.08. The van der Waals surface area contributed by atoms with Crippen molar-refractivity contribution in [2.75, 3.05) is 13.7 Å². The van der Waals surface area contributed by atoms with Crippen LogP contribution in [0.25, 0.3) is 16.6 Å². The maximum absolute atomic E-state index is 12.6. The number of hydrogen-bond donors (Lipinski definition) is 2. The summed E-state index contributed by atoms with van der Waals surface area (Å²) in [5.41, 5.74) is 6.67. The van der Waals surface area contributed by atoms with Gasteiger partial charge in [0.05, 0.1) is 18.5 Å². The van der Waals surface area contributed by atoms with Gasteiger partial charge in [0.2, 0.25) is 0 Å². The van der Waals surface area contributed by atoms with Gasteiger partial charge >= 0.3 is 5.97 Å². The van der Waals surface area contributed by atoms with Crippen LogP contribution in [0.5, 0.6) is 0 Å². The molecule has 0 saturated carbocycles. The summed E-state index contributed by atoms with van der Waals surface area (Å²) in [6.07, 6.45) is 3.66. The van der Waals surface area contributed by atoms with E-state index in [2.05, 4.69) is 21.5 Å². The summed E-state index contributed by atoms with van der Waals surface area (Å²) in [5.74, 6) is -0.338. The average Bonchev–Trinajstić information content (AvgIpc) is 3.37. The van der Waals surface area contributed by atoms with E-state index in [9.17, 15) is 9.59 Å². The summed E-state index contributed by atoms with van der Waals surface area (Å²) >= 11 is 0. The van der Waals surface area contributed by atoms with Crippen LogP contribution < -0.4 is 5.32 Å². The zero-order chi connectivity index (χ0) is 23.4. The minimum absolute atomic E-state index is 0.103. The third kappa shape index (κ3) is 4.82. The highest BCUT2D eigenvalue weighted by molar-refractivity contribution is 5.94. The molecule has 2 aromatic carbocycles. The van der Waals surface area contributed by atoms with Crippen LogP contribution in [0, 0.1) is 13.8 Å². The van der Waals surface area contributed by atoms with Gasteiger partial charge in [-0.1, -0.05) is 18.2 Å². The first-order chi connectivity index (χ1) is 16.0. The number of aromatic nitrogens is 3. The predicted octanol–water partition coefficient (Wildman–Crippen LogP) is 4.05. The Hall–Kier alpha value is -3.87. The van der Waals surface area contributed by atoms with E-state index in [0.29, 0.717) is 24.9 Å². The van der Waals surface area contributed by atoms with E-state index in [0.717, 1.165) is 34.6 Å². The molecule has 0 atom stereocenters. The third-order valence-electron chi connectivity index (χ3n) is 5.98. The number of nitrogens with one attached hydrogen (secondary N) is 2. The Balaban J connectivity index is 1.38. The highest BCUT2D eigenvalue weighted by atomic mass is 16.5. The molecule has 33 heavy (non-hydrogen) atoms. The first-order valence-corrected chi connectivity index (χ1v) is 11.0. The number of benzene rings is 2. The number of esters is 1. The van der Waals surface area contributed by atoms with Crippen LogP contribution in [0.3, 0.4) is 0 Å². The molecule has 2 heterocycles. The van der Waals surface area contributed by atoms with Crippen LogP contribution in [-0.2, 0) is 22.4 Å². The summed E-state index contributed by atoms with van der Waals surface area (Å²) in [6, 6.07) is 15.5. The van der Waals surface area contributed by atoms with Gasteiger partial charge in [0, 0.05) is 41.3 Å². The highest BCUT2D eigenvalue weighted by Crippen LogP contribution is 2.20. The molecule has 0 fully saturated rings. The van der Waals surface area contributed by atoms with Gasteiger partial charge in [0.25, 0.3) is 5.91 Å². The molecule has 2 aromatic heterocycles. The van der Waals surface area contributed by atoms with Gasteiger partial charge in [-0.15, -0.1) is 0 Å². The average molecular weight is 445 g/mol. The first kappa shape index (κ1) is 22.3. The molecule has 2 N–H and O–H groups in total. The Morgan fingerprint density at radius 1 is 1.06 bits per heavy atom. The van der Waals surface area contributed by atoms with Crippen LogP contribution in [-0.4, -0.2) is 40.3 Å². The van der Waals surface area contributed by atoms with E-state index in [4.69, 9.17) is 4.74 Å². The molecular weight excluding hydrogens is 416 g/mol. The van der Waals surface area contributed by atoms with Gasteiger partial charge in [-0.25, -0.2) is 4.68 Å². The fourth-order valence-corrected chi connectivity index (χ4v) is 4.12. The molecule has 0 aliphatic heterocycles. The maximum atomic E-state index is 12.6. The number of rotatable bonds is 8. The van der Waals surface area contributed by atoms with E-state index >= 15 is 0 Å². The summed E-state index contributed by atoms with van der Waals surface area (Å²) in [4.78, 5) is 27.4. The Bertz CT molecular complexity index is 1280. The Morgan fingerprint density at radius 3 is 2.58 bits per heavy atom. The maximum Gasteiger partial charge on any atom is 0.305 e. The molecule has 4 rings (SSSR count). The number of hydrogen-bond acceptors (Lipinski definition) is 4. The Morgan fingerprint density at radius 2 is 1.82 bits per heavy atom. The van der Waals surface area contributed by atoms with Crippen molar-refractivity contribution in [1.82, 2.24) is 20.1 Å². The second-order valence-corrected chi connectivity index (χ2v) is 8.05. The van der Waals surface area contributed by atoms with Gasteiger partial charge in [-0.2, -0.15) is 5.10 Å². The van der Waals surface area contributed by atoms with Crippen molar-refractivity contribution in [3.8, 4) is 5.69 Å². The minimum atomic E-state index is -0.235. The smallest absolute Gasteiger partial charge is 0.305 e. The lowest BCUT2D eigenvalue weighted by Crippen LogP contribution is -2.25. The molecule has 1 amide bonds. The van der Waals surface area contributed by atoms with Gasteiger partial charge in [0.1, 0.15) is 0 Å². The number of ether oxygens (including phenoxy) is 1. The topological polar surface area (TPSA) is 89.0 Å². The molecule has 0 unspecified atom stereocenters. The first-order valence-electron chi connectivity index (χ1n) is 11.0. The molecule has 4 aromatic rings. The molecule has 0 aliphatic rings. The number of methoxy groups -OCH3 is 1. The molecule has 0 saturated heterocycles. The van der Waals surface area contributed by atoms with Crippen molar-refractivity contribution in [3.63, 3.8) is 0 Å². The van der Waals surface area contributed by atoms with Crippen molar-refractivity contribution in [2.24, 2.45) is 0 Å². The quantitative estimate of drug-likeness (QED) is 0.401. The van der Waals surface area contributed by atoms with E-state index in [1.165, 1.54) is 18.1 Å². The minimum Gasteiger partial charge on any atom is -0.469 e. The summed E-state index contributed by atoms with van der Waals surface area (Å²) in [6.45, 7) is 4.48. The highest BCUT2D eigenvalue weighted by Gasteiger charge is 2.15. The molecule has 170 valence electrons. The van der Waals surface area contributed by atoms with Crippen molar-refractivity contribution in [2.45, 2.75) is 33.1 Å². The second-order valence-electron chi connectivity index (χ2n) is 8.05. The Labute approximate surface area is 192 Å². The second kappa shape index (κ2) is 9.73. The van der Waals surface area contributed by atoms with Crippen LogP contribution in [0.2, 0.25) is 0 Å². The van der Waals surface area contributed by atoms with Crippen molar-refractivity contribution in [3.05, 3.63) is 82.8 Å². The largest absolute Gasteiger partial charge is 0.469 e. The van der Waals surface area contributed by atoms with E-state index in [1.54, 1.807) is 12.1 Å². The zero-order valence-corrected chi connectivity index (χ0v) is 19.1. The van der Waals surface area contributed by atoms with E-state index in [1.807, 2.05) is 55.1 Å². The zero-order valence-electron chi connectivity index (χ0n) is 19.1. The monoisotopic (exact) mass is 444 g/mol. The molecule has 7 heteroatoms. The van der Waals surface area contributed by atoms with Crippen molar-refractivity contribution >= 4 is 22.8 Å². The fourth-order valence-electron chi connectivity index (χ4n) is 4.12. The molecule has 0 bridgehead atoms.